The molecule has 0 spiro atoms. The van der Waals surface area contributed by atoms with E-state index in [0.29, 0.717) is 11.3 Å². The molecule has 2 rings (SSSR count). The van der Waals surface area contributed by atoms with Crippen molar-refractivity contribution >= 4 is 34.4 Å². The zero-order valence-electron chi connectivity index (χ0n) is 10.4. The number of hydrogen-bond acceptors (Lipinski definition) is 3. The molecule has 0 bridgehead atoms. The van der Waals surface area contributed by atoms with Gasteiger partial charge in [0.15, 0.2) is 0 Å². The van der Waals surface area contributed by atoms with Gasteiger partial charge in [-0.1, -0.05) is 13.0 Å². The minimum absolute atomic E-state index is 0.605. The summed E-state index contributed by atoms with van der Waals surface area (Å²) in [5.74, 6) is 2.29. The van der Waals surface area contributed by atoms with Crippen LogP contribution in [-0.4, -0.2) is 5.75 Å². The lowest BCUT2D eigenvalue weighted by Gasteiger charge is -2.10. The first kappa shape index (κ1) is 14.2. The lowest BCUT2D eigenvalue weighted by molar-refractivity contribution is 0.479. The molecule has 0 aliphatic carbocycles. The zero-order chi connectivity index (χ0) is 13.7. The minimum Gasteiger partial charge on any atom is -0.456 e. The lowest BCUT2D eigenvalue weighted by atomic mass is 10.2. The molecule has 0 heterocycles. The molecule has 19 heavy (non-hydrogen) atoms. The summed E-state index contributed by atoms with van der Waals surface area (Å²) in [6.07, 6.45) is 0. The fourth-order valence-electron chi connectivity index (χ4n) is 1.61. The van der Waals surface area contributed by atoms with Gasteiger partial charge in [-0.15, -0.1) is 11.8 Å². The molecule has 0 saturated carbocycles. The van der Waals surface area contributed by atoms with Crippen molar-refractivity contribution in [2.75, 3.05) is 5.75 Å². The Balaban J connectivity index is 2.32. The van der Waals surface area contributed by atoms with Crippen LogP contribution in [0.5, 0.6) is 11.5 Å². The number of hydrogen-bond donors (Lipinski definition) is 0. The summed E-state index contributed by atoms with van der Waals surface area (Å²) in [5.41, 5.74) is 0.605. The van der Waals surface area contributed by atoms with Crippen molar-refractivity contribution < 1.29 is 4.74 Å². The highest BCUT2D eigenvalue weighted by atomic mass is 127. The van der Waals surface area contributed by atoms with Gasteiger partial charge in [0.1, 0.15) is 23.1 Å². The van der Waals surface area contributed by atoms with E-state index in [1.807, 2.05) is 42.5 Å². The standard InChI is InChI=1S/C15H12INOS/c1-2-19-15-5-3-4-14(13(15)10-17)18-12-8-6-11(16)7-9-12/h3-9H,2H2,1H3. The number of nitrogens with zero attached hydrogens (tertiary/aromatic N) is 1. The van der Waals surface area contributed by atoms with Gasteiger partial charge < -0.3 is 4.74 Å². The van der Waals surface area contributed by atoms with E-state index in [0.717, 1.165) is 20.0 Å². The maximum absolute atomic E-state index is 9.30. The number of rotatable bonds is 4. The van der Waals surface area contributed by atoms with E-state index in [4.69, 9.17) is 4.74 Å². The first-order chi connectivity index (χ1) is 9.24. The van der Waals surface area contributed by atoms with Crippen molar-refractivity contribution in [1.82, 2.24) is 0 Å². The highest BCUT2D eigenvalue weighted by Gasteiger charge is 2.10. The van der Waals surface area contributed by atoms with E-state index in [9.17, 15) is 5.26 Å². The molecule has 2 nitrogen and oxygen atoms in total. The Morgan fingerprint density at radius 1 is 1.21 bits per heavy atom. The second kappa shape index (κ2) is 6.83. The van der Waals surface area contributed by atoms with Gasteiger partial charge in [0.05, 0.1) is 0 Å². The quantitative estimate of drug-likeness (QED) is 0.548. The van der Waals surface area contributed by atoms with E-state index < -0.39 is 0 Å². The van der Waals surface area contributed by atoms with E-state index in [1.54, 1.807) is 11.8 Å². The number of nitriles is 1. The molecular formula is C15H12INOS. The summed E-state index contributed by atoms with van der Waals surface area (Å²) in [6, 6.07) is 15.7. The number of thioether (sulfide) groups is 1. The van der Waals surface area contributed by atoms with Gasteiger partial charge in [0.2, 0.25) is 0 Å². The Bertz CT molecular complexity index is 605. The number of halogens is 1. The number of ether oxygens (including phenoxy) is 1. The molecule has 2 aromatic rings. The third-order valence-electron chi connectivity index (χ3n) is 2.44. The molecule has 0 unspecified atom stereocenters. The molecule has 0 saturated heterocycles. The maximum Gasteiger partial charge on any atom is 0.146 e. The van der Waals surface area contributed by atoms with Gasteiger partial charge in [0, 0.05) is 8.47 Å². The van der Waals surface area contributed by atoms with Gasteiger partial charge in [-0.05, 0) is 64.7 Å². The summed E-state index contributed by atoms with van der Waals surface area (Å²) in [5, 5.41) is 9.30. The van der Waals surface area contributed by atoms with Gasteiger partial charge in [-0.2, -0.15) is 5.26 Å². The largest absolute Gasteiger partial charge is 0.456 e. The summed E-state index contributed by atoms with van der Waals surface area (Å²) in [7, 11) is 0. The third kappa shape index (κ3) is 3.64. The normalized spacial score (nSPS) is 9.95. The minimum atomic E-state index is 0.605. The molecule has 96 valence electrons. The van der Waals surface area contributed by atoms with Crippen molar-refractivity contribution in [2.24, 2.45) is 0 Å². The molecule has 4 heteroatoms. The van der Waals surface area contributed by atoms with Gasteiger partial charge >= 0.3 is 0 Å². The van der Waals surface area contributed by atoms with Crippen molar-refractivity contribution in [3.05, 3.63) is 51.6 Å². The third-order valence-corrected chi connectivity index (χ3v) is 4.10. The van der Waals surface area contributed by atoms with Crippen LogP contribution in [0.1, 0.15) is 12.5 Å². The molecule has 0 fully saturated rings. The number of benzene rings is 2. The molecule has 0 aliphatic heterocycles. The van der Waals surface area contributed by atoms with Crippen molar-refractivity contribution in [3.63, 3.8) is 0 Å². The molecular weight excluding hydrogens is 369 g/mol. The van der Waals surface area contributed by atoms with Gasteiger partial charge in [-0.25, -0.2) is 0 Å². The van der Waals surface area contributed by atoms with Gasteiger partial charge in [-0.3, -0.25) is 0 Å². The summed E-state index contributed by atoms with van der Waals surface area (Å²) in [6.45, 7) is 2.07. The average Bonchev–Trinajstić information content (AvgIpc) is 2.42. The van der Waals surface area contributed by atoms with Crippen LogP contribution >= 0.6 is 34.4 Å². The summed E-state index contributed by atoms with van der Waals surface area (Å²) < 4.78 is 6.96. The second-order valence-corrected chi connectivity index (χ2v) is 6.28. The topological polar surface area (TPSA) is 33.0 Å². The Kier molecular flexibility index (Phi) is 5.11. The maximum atomic E-state index is 9.30. The Hall–Kier alpha value is -1.19. The Labute approximate surface area is 130 Å². The van der Waals surface area contributed by atoms with Crippen molar-refractivity contribution in [2.45, 2.75) is 11.8 Å². The van der Waals surface area contributed by atoms with Crippen LogP contribution in [0.4, 0.5) is 0 Å². The van der Waals surface area contributed by atoms with E-state index in [-0.39, 0.29) is 0 Å². The zero-order valence-corrected chi connectivity index (χ0v) is 13.4. The van der Waals surface area contributed by atoms with Crippen LogP contribution in [0.2, 0.25) is 0 Å². The predicted octanol–water partition coefficient (Wildman–Crippen LogP) is 5.07. The van der Waals surface area contributed by atoms with E-state index >= 15 is 0 Å². The fourth-order valence-corrected chi connectivity index (χ4v) is 2.75. The lowest BCUT2D eigenvalue weighted by Crippen LogP contribution is -1.90. The summed E-state index contributed by atoms with van der Waals surface area (Å²) >= 11 is 3.90. The van der Waals surface area contributed by atoms with Crippen molar-refractivity contribution in [3.8, 4) is 17.6 Å². The summed E-state index contributed by atoms with van der Waals surface area (Å²) in [4.78, 5) is 0.966. The Morgan fingerprint density at radius 2 is 1.95 bits per heavy atom. The van der Waals surface area contributed by atoms with Crippen LogP contribution < -0.4 is 4.74 Å². The van der Waals surface area contributed by atoms with Crippen LogP contribution in [0, 0.1) is 14.9 Å². The highest BCUT2D eigenvalue weighted by molar-refractivity contribution is 14.1. The van der Waals surface area contributed by atoms with Crippen LogP contribution in [0.15, 0.2) is 47.4 Å². The molecule has 0 atom stereocenters. The average molecular weight is 381 g/mol. The first-order valence-corrected chi connectivity index (χ1v) is 7.90. The van der Waals surface area contributed by atoms with Gasteiger partial charge in [0.25, 0.3) is 0 Å². The highest BCUT2D eigenvalue weighted by Crippen LogP contribution is 2.32. The molecule has 2 aromatic carbocycles. The van der Waals surface area contributed by atoms with Crippen LogP contribution in [-0.2, 0) is 0 Å². The molecule has 0 radical (unpaired) electrons. The smallest absolute Gasteiger partial charge is 0.146 e. The molecule has 0 aliphatic rings. The van der Waals surface area contributed by atoms with E-state index in [2.05, 4.69) is 35.6 Å². The molecule has 0 N–H and O–H groups in total. The monoisotopic (exact) mass is 381 g/mol. The van der Waals surface area contributed by atoms with Crippen molar-refractivity contribution in [1.29, 1.82) is 5.26 Å². The van der Waals surface area contributed by atoms with Crippen LogP contribution in [0.3, 0.4) is 0 Å². The Morgan fingerprint density at radius 3 is 2.58 bits per heavy atom. The predicted molar refractivity (Wildman–Crippen MR) is 86.8 cm³/mol. The fraction of sp³-hybridized carbons (Fsp3) is 0.133. The second-order valence-electron chi connectivity index (χ2n) is 3.73. The SMILES string of the molecule is CCSc1cccc(Oc2ccc(I)cc2)c1C#N. The van der Waals surface area contributed by atoms with Crippen LogP contribution in [0.25, 0.3) is 0 Å². The molecule has 0 aromatic heterocycles. The molecule has 0 amide bonds. The first-order valence-electron chi connectivity index (χ1n) is 5.84. The van der Waals surface area contributed by atoms with E-state index in [1.165, 1.54) is 0 Å².